The Morgan fingerprint density at radius 2 is 2.05 bits per heavy atom. The summed E-state index contributed by atoms with van der Waals surface area (Å²) in [7, 11) is 0. The molecule has 1 heterocycles. The topological polar surface area (TPSA) is 142 Å². The van der Waals surface area contributed by atoms with Gasteiger partial charge in [-0.2, -0.15) is 0 Å². The number of aryl methyl sites for hydroxylation is 1. The Bertz CT molecular complexity index is 519. The van der Waals surface area contributed by atoms with E-state index in [2.05, 4.69) is 20.6 Å². The second-order valence-corrected chi connectivity index (χ2v) is 3.91. The molecular formula is C11H14N4O5. The van der Waals surface area contributed by atoms with Crippen LogP contribution in [0.4, 0.5) is 4.79 Å². The summed E-state index contributed by atoms with van der Waals surface area (Å²) in [6, 6.07) is -0.672. The first-order chi connectivity index (χ1) is 9.38. The van der Waals surface area contributed by atoms with E-state index in [0.717, 1.165) is 0 Å². The molecule has 0 aromatic carbocycles. The lowest BCUT2D eigenvalue weighted by Gasteiger charge is -2.13. The summed E-state index contributed by atoms with van der Waals surface area (Å²) in [5.74, 6) is -2.19. The lowest BCUT2D eigenvalue weighted by atomic mass is 10.2. The predicted molar refractivity (Wildman–Crippen MR) is 65.8 cm³/mol. The van der Waals surface area contributed by atoms with Crippen molar-refractivity contribution >= 4 is 18.0 Å². The minimum Gasteiger partial charge on any atom is -0.481 e. The number of rotatable bonds is 6. The highest BCUT2D eigenvalue weighted by molar-refractivity contribution is 5.86. The molecule has 0 radical (unpaired) electrons. The van der Waals surface area contributed by atoms with Crippen molar-refractivity contribution in [1.29, 1.82) is 0 Å². The number of hydrogen-bond donors (Lipinski definition) is 4. The number of hydrogen-bond acceptors (Lipinski definition) is 5. The minimum atomic E-state index is -1.49. The highest BCUT2D eigenvalue weighted by Crippen LogP contribution is 1.95. The maximum atomic E-state index is 11.5. The molecule has 108 valence electrons. The fourth-order valence-corrected chi connectivity index (χ4v) is 1.36. The summed E-state index contributed by atoms with van der Waals surface area (Å²) in [6.07, 6.45) is 0.830. The van der Waals surface area contributed by atoms with Crippen molar-refractivity contribution in [1.82, 2.24) is 20.6 Å². The van der Waals surface area contributed by atoms with Gasteiger partial charge in [0.1, 0.15) is 11.9 Å². The van der Waals surface area contributed by atoms with Gasteiger partial charge in [0.05, 0.1) is 18.7 Å². The molecule has 0 saturated carbocycles. The number of aliphatic carboxylic acids is 2. The Balaban J connectivity index is 2.49. The minimum absolute atomic E-state index is 0.0780. The number of aromatic nitrogens is 2. The number of amides is 2. The van der Waals surface area contributed by atoms with Crippen LogP contribution in [0.1, 0.15) is 17.9 Å². The van der Waals surface area contributed by atoms with E-state index in [1.807, 2.05) is 0 Å². The molecule has 2 amide bonds. The van der Waals surface area contributed by atoms with Crippen LogP contribution in [0.3, 0.4) is 0 Å². The largest absolute Gasteiger partial charge is 0.481 e. The van der Waals surface area contributed by atoms with Crippen molar-refractivity contribution in [3.8, 4) is 0 Å². The van der Waals surface area contributed by atoms with Crippen LogP contribution in [0.25, 0.3) is 0 Å². The van der Waals surface area contributed by atoms with E-state index in [1.54, 1.807) is 13.0 Å². The van der Waals surface area contributed by atoms with Crippen LogP contribution in [0.5, 0.6) is 0 Å². The molecule has 4 N–H and O–H groups in total. The van der Waals surface area contributed by atoms with E-state index in [-0.39, 0.29) is 6.54 Å². The van der Waals surface area contributed by atoms with E-state index in [0.29, 0.717) is 11.5 Å². The number of carbonyl (C=O) groups is 3. The number of nitrogens with zero attached hydrogens (tertiary/aromatic N) is 2. The molecule has 0 unspecified atom stereocenters. The molecule has 0 aliphatic carbocycles. The molecular weight excluding hydrogens is 268 g/mol. The summed E-state index contributed by atoms with van der Waals surface area (Å²) in [6.45, 7) is 1.77. The van der Waals surface area contributed by atoms with Crippen molar-refractivity contribution in [3.05, 3.63) is 23.8 Å². The molecule has 1 aromatic heterocycles. The third kappa shape index (κ3) is 5.29. The van der Waals surface area contributed by atoms with Gasteiger partial charge in [-0.05, 0) is 13.0 Å². The van der Waals surface area contributed by atoms with E-state index >= 15 is 0 Å². The average Bonchev–Trinajstić information content (AvgIpc) is 2.35. The molecule has 9 heteroatoms. The summed E-state index contributed by atoms with van der Waals surface area (Å²) in [4.78, 5) is 40.6. The number of urea groups is 1. The molecule has 0 spiro atoms. The van der Waals surface area contributed by atoms with Gasteiger partial charge in [0, 0.05) is 6.20 Å². The van der Waals surface area contributed by atoms with Crippen LogP contribution in [0, 0.1) is 6.92 Å². The number of carboxylic acid groups (broad SMARTS) is 2. The summed E-state index contributed by atoms with van der Waals surface area (Å²) in [5, 5.41) is 21.7. The standard InChI is InChI=1S/C11H14N4O5/c1-6-12-3-2-7(14-6)5-13-11(20)15-8(10(18)19)4-9(16)17/h2-3,8H,4-5H2,1H3,(H,16,17)(H,18,19)(H2,13,15,20)/t8-/m0/s1. The summed E-state index contributed by atoms with van der Waals surface area (Å²) < 4.78 is 0. The quantitative estimate of drug-likeness (QED) is 0.551. The SMILES string of the molecule is Cc1nccc(CNC(=O)N[C@@H](CC(=O)O)C(=O)O)n1. The van der Waals surface area contributed by atoms with Crippen LogP contribution >= 0.6 is 0 Å². The maximum absolute atomic E-state index is 11.5. The second kappa shape index (κ2) is 7.02. The van der Waals surface area contributed by atoms with E-state index in [1.165, 1.54) is 6.20 Å². The normalized spacial score (nSPS) is 11.4. The van der Waals surface area contributed by atoms with Gasteiger partial charge in [-0.1, -0.05) is 0 Å². The van der Waals surface area contributed by atoms with Gasteiger partial charge >= 0.3 is 18.0 Å². The number of carbonyl (C=O) groups excluding carboxylic acids is 1. The zero-order valence-electron chi connectivity index (χ0n) is 10.7. The van der Waals surface area contributed by atoms with Crippen LogP contribution < -0.4 is 10.6 Å². The van der Waals surface area contributed by atoms with E-state index in [9.17, 15) is 14.4 Å². The summed E-state index contributed by atoms with van der Waals surface area (Å²) >= 11 is 0. The molecule has 0 saturated heterocycles. The van der Waals surface area contributed by atoms with E-state index < -0.39 is 30.4 Å². The first-order valence-electron chi connectivity index (χ1n) is 5.66. The molecule has 1 atom stereocenters. The van der Waals surface area contributed by atoms with Crippen LogP contribution in [-0.2, 0) is 16.1 Å². The number of nitrogens with one attached hydrogen (secondary N) is 2. The molecule has 0 aliphatic heterocycles. The third-order valence-electron chi connectivity index (χ3n) is 2.25. The molecule has 0 fully saturated rings. The lowest BCUT2D eigenvalue weighted by Crippen LogP contribution is -2.46. The van der Waals surface area contributed by atoms with Gasteiger partial charge < -0.3 is 20.8 Å². The molecule has 1 aromatic rings. The molecule has 0 aliphatic rings. The smallest absolute Gasteiger partial charge is 0.326 e. The van der Waals surface area contributed by atoms with Gasteiger partial charge in [-0.15, -0.1) is 0 Å². The fraction of sp³-hybridized carbons (Fsp3) is 0.364. The van der Waals surface area contributed by atoms with Crippen molar-refractivity contribution < 1.29 is 24.6 Å². The van der Waals surface area contributed by atoms with Crippen molar-refractivity contribution in [2.45, 2.75) is 25.9 Å². The Morgan fingerprint density at radius 3 is 2.60 bits per heavy atom. The van der Waals surface area contributed by atoms with Gasteiger partial charge in [0.25, 0.3) is 0 Å². The van der Waals surface area contributed by atoms with Crippen molar-refractivity contribution in [3.63, 3.8) is 0 Å². The van der Waals surface area contributed by atoms with Crippen LogP contribution in [0.15, 0.2) is 12.3 Å². The highest BCUT2D eigenvalue weighted by Gasteiger charge is 2.22. The first-order valence-corrected chi connectivity index (χ1v) is 5.66. The third-order valence-corrected chi connectivity index (χ3v) is 2.25. The van der Waals surface area contributed by atoms with Crippen molar-refractivity contribution in [2.75, 3.05) is 0 Å². The zero-order chi connectivity index (χ0) is 15.1. The second-order valence-electron chi connectivity index (χ2n) is 3.91. The maximum Gasteiger partial charge on any atom is 0.326 e. The van der Waals surface area contributed by atoms with Crippen LogP contribution in [0.2, 0.25) is 0 Å². The van der Waals surface area contributed by atoms with E-state index in [4.69, 9.17) is 10.2 Å². The molecule has 20 heavy (non-hydrogen) atoms. The Morgan fingerprint density at radius 1 is 1.35 bits per heavy atom. The average molecular weight is 282 g/mol. The highest BCUT2D eigenvalue weighted by atomic mass is 16.4. The zero-order valence-corrected chi connectivity index (χ0v) is 10.7. The summed E-state index contributed by atoms with van der Waals surface area (Å²) in [5.41, 5.74) is 0.553. The molecule has 1 rings (SSSR count). The van der Waals surface area contributed by atoms with Gasteiger partial charge in [-0.3, -0.25) is 4.79 Å². The van der Waals surface area contributed by atoms with Crippen molar-refractivity contribution in [2.24, 2.45) is 0 Å². The Kier molecular flexibility index (Phi) is 5.39. The van der Waals surface area contributed by atoms with Gasteiger partial charge in [-0.25, -0.2) is 19.6 Å². The fourth-order valence-electron chi connectivity index (χ4n) is 1.36. The van der Waals surface area contributed by atoms with Crippen LogP contribution in [-0.4, -0.2) is 44.2 Å². The van der Waals surface area contributed by atoms with Gasteiger partial charge in [0.2, 0.25) is 0 Å². The van der Waals surface area contributed by atoms with Gasteiger partial charge in [0.15, 0.2) is 0 Å². The Labute approximate surface area is 114 Å². The predicted octanol–water partition coefficient (Wildman–Crippen LogP) is -0.488. The Hall–Kier alpha value is -2.71. The first kappa shape index (κ1) is 15.3. The monoisotopic (exact) mass is 282 g/mol. The molecule has 0 bridgehead atoms. The lowest BCUT2D eigenvalue weighted by molar-refractivity contribution is -0.145. The number of carboxylic acids is 2. The molecule has 9 nitrogen and oxygen atoms in total.